The topological polar surface area (TPSA) is 67.2 Å². The monoisotopic (exact) mass is 466 g/mol. The van der Waals surface area contributed by atoms with Crippen molar-refractivity contribution in [2.24, 2.45) is 0 Å². The van der Waals surface area contributed by atoms with Gasteiger partial charge in [-0.3, -0.25) is 19.1 Å². The Bertz CT molecular complexity index is 1150. The van der Waals surface area contributed by atoms with Gasteiger partial charge in [-0.2, -0.15) is 0 Å². The number of rotatable bonds is 7. The highest BCUT2D eigenvalue weighted by atomic mass is 35.5. The quantitative estimate of drug-likeness (QED) is 0.539. The Hall–Kier alpha value is -1.93. The molecule has 0 radical (unpaired) electrons. The maximum atomic E-state index is 13.3. The number of carbonyl (C=O) groups excluding carboxylic acids is 1. The number of nitrogens with one attached hydrogen (secondary N) is 1. The summed E-state index contributed by atoms with van der Waals surface area (Å²) in [5.41, 5.74) is 1.12. The molecule has 1 amide bonds. The lowest BCUT2D eigenvalue weighted by Gasteiger charge is -2.20. The van der Waals surface area contributed by atoms with Gasteiger partial charge in [0.15, 0.2) is 0 Å². The number of aryl methyl sites for hydroxylation is 2. The zero-order valence-corrected chi connectivity index (χ0v) is 19.7. The molecule has 0 spiro atoms. The molecule has 0 unspecified atom stereocenters. The van der Waals surface area contributed by atoms with Gasteiger partial charge in [-0.05, 0) is 44.6 Å². The van der Waals surface area contributed by atoms with Crippen molar-refractivity contribution in [3.63, 3.8) is 0 Å². The molecule has 30 heavy (non-hydrogen) atoms. The molecule has 0 bridgehead atoms. The van der Waals surface area contributed by atoms with E-state index in [2.05, 4.69) is 24.1 Å². The van der Waals surface area contributed by atoms with Crippen LogP contribution < -0.4 is 10.9 Å². The minimum Gasteiger partial charge on any atom is -0.323 e. The van der Waals surface area contributed by atoms with Crippen molar-refractivity contribution in [3.8, 4) is 0 Å². The third-order valence-electron chi connectivity index (χ3n) is 5.15. The Kier molecular flexibility index (Phi) is 7.18. The van der Waals surface area contributed by atoms with Crippen LogP contribution in [-0.4, -0.2) is 33.4 Å². The second kappa shape index (κ2) is 9.47. The van der Waals surface area contributed by atoms with Crippen molar-refractivity contribution >= 4 is 56.3 Å². The molecule has 1 aromatic carbocycles. The van der Waals surface area contributed by atoms with Crippen LogP contribution in [0.5, 0.6) is 0 Å². The third-order valence-corrected chi connectivity index (χ3v) is 7.07. The van der Waals surface area contributed by atoms with Gasteiger partial charge in [0.2, 0.25) is 5.91 Å². The van der Waals surface area contributed by atoms with Crippen LogP contribution in [0.4, 0.5) is 5.69 Å². The van der Waals surface area contributed by atoms with E-state index in [1.165, 1.54) is 15.9 Å². The van der Waals surface area contributed by atoms with Crippen molar-refractivity contribution in [1.82, 2.24) is 14.5 Å². The van der Waals surface area contributed by atoms with Gasteiger partial charge in [0.05, 0.1) is 27.7 Å². The Balaban J connectivity index is 2.02. The van der Waals surface area contributed by atoms with Gasteiger partial charge >= 0.3 is 0 Å². The molecule has 0 fully saturated rings. The molecule has 9 heteroatoms. The summed E-state index contributed by atoms with van der Waals surface area (Å²) >= 11 is 13.7. The average Bonchev–Trinajstić information content (AvgIpc) is 3.00. The predicted molar refractivity (Wildman–Crippen MR) is 125 cm³/mol. The number of hydrogen-bond donors (Lipinski definition) is 1. The summed E-state index contributed by atoms with van der Waals surface area (Å²) in [6.07, 6.45) is 0. The standard InChI is InChI=1S/C21H24Cl2N4O2S/c1-5-26(6-2)10-16-25-20-18(12(3)13(4)30-20)21(29)27(16)11-17(28)24-15-9-7-8-14(22)19(15)23/h7-9H,5-6,10-11H2,1-4H3,(H,24,28). The van der Waals surface area contributed by atoms with Crippen LogP contribution >= 0.6 is 34.5 Å². The van der Waals surface area contributed by atoms with E-state index >= 15 is 0 Å². The normalized spacial score (nSPS) is 11.4. The molecule has 3 aromatic rings. The first-order valence-corrected chi connectivity index (χ1v) is 11.3. The van der Waals surface area contributed by atoms with E-state index in [9.17, 15) is 9.59 Å². The number of benzene rings is 1. The number of carbonyl (C=O) groups is 1. The van der Waals surface area contributed by atoms with Gasteiger partial charge in [0, 0.05) is 4.88 Å². The molecular formula is C21H24Cl2N4O2S. The molecule has 2 aromatic heterocycles. The van der Waals surface area contributed by atoms with Crippen molar-refractivity contribution in [3.05, 3.63) is 54.9 Å². The van der Waals surface area contributed by atoms with E-state index in [1.54, 1.807) is 18.2 Å². The number of fused-ring (bicyclic) bond motifs is 1. The maximum absolute atomic E-state index is 13.3. The number of anilines is 1. The van der Waals surface area contributed by atoms with Crippen molar-refractivity contribution in [1.29, 1.82) is 0 Å². The van der Waals surface area contributed by atoms with E-state index < -0.39 is 0 Å². The van der Waals surface area contributed by atoms with Gasteiger partial charge < -0.3 is 5.32 Å². The summed E-state index contributed by atoms with van der Waals surface area (Å²) < 4.78 is 1.47. The number of aromatic nitrogens is 2. The van der Waals surface area contributed by atoms with Crippen LogP contribution in [0.1, 0.15) is 30.1 Å². The van der Waals surface area contributed by atoms with Crippen LogP contribution in [0, 0.1) is 13.8 Å². The molecule has 6 nitrogen and oxygen atoms in total. The van der Waals surface area contributed by atoms with Crippen LogP contribution in [-0.2, 0) is 17.9 Å². The highest BCUT2D eigenvalue weighted by molar-refractivity contribution is 7.18. The zero-order chi connectivity index (χ0) is 22.0. The number of amides is 1. The summed E-state index contributed by atoms with van der Waals surface area (Å²) in [5, 5.41) is 3.94. The molecular weight excluding hydrogens is 443 g/mol. The Morgan fingerprint density at radius 3 is 2.60 bits per heavy atom. The molecule has 0 saturated heterocycles. The van der Waals surface area contributed by atoms with Gasteiger partial charge in [0.25, 0.3) is 5.56 Å². The van der Waals surface area contributed by atoms with E-state index in [0.717, 1.165) is 23.5 Å². The maximum Gasteiger partial charge on any atom is 0.263 e. The highest BCUT2D eigenvalue weighted by Gasteiger charge is 2.20. The zero-order valence-electron chi connectivity index (χ0n) is 17.4. The van der Waals surface area contributed by atoms with Gasteiger partial charge in [-0.15, -0.1) is 11.3 Å². The summed E-state index contributed by atoms with van der Waals surface area (Å²) in [6.45, 7) is 9.96. The molecule has 0 aliphatic rings. The van der Waals surface area contributed by atoms with Crippen LogP contribution in [0.2, 0.25) is 10.0 Å². The Morgan fingerprint density at radius 1 is 1.23 bits per heavy atom. The first-order chi connectivity index (χ1) is 14.3. The first-order valence-electron chi connectivity index (χ1n) is 9.72. The van der Waals surface area contributed by atoms with Crippen LogP contribution in [0.15, 0.2) is 23.0 Å². The Morgan fingerprint density at radius 2 is 1.93 bits per heavy atom. The van der Waals surface area contributed by atoms with E-state index in [4.69, 9.17) is 28.2 Å². The van der Waals surface area contributed by atoms with E-state index in [0.29, 0.717) is 33.3 Å². The lowest BCUT2D eigenvalue weighted by Crippen LogP contribution is -2.34. The molecule has 0 atom stereocenters. The molecule has 0 aliphatic carbocycles. The van der Waals surface area contributed by atoms with Gasteiger partial charge in [-0.25, -0.2) is 4.98 Å². The fourth-order valence-corrected chi connectivity index (χ4v) is 4.62. The van der Waals surface area contributed by atoms with E-state index in [-0.39, 0.29) is 23.0 Å². The number of halogens is 2. The number of thiophene rings is 1. The van der Waals surface area contributed by atoms with Crippen LogP contribution in [0.25, 0.3) is 10.2 Å². The second-order valence-electron chi connectivity index (χ2n) is 6.99. The van der Waals surface area contributed by atoms with Crippen molar-refractivity contribution in [2.45, 2.75) is 40.8 Å². The van der Waals surface area contributed by atoms with Crippen molar-refractivity contribution in [2.75, 3.05) is 18.4 Å². The predicted octanol–water partition coefficient (Wildman–Crippen LogP) is 4.86. The first kappa shape index (κ1) is 22.7. The number of hydrogen-bond acceptors (Lipinski definition) is 5. The third kappa shape index (κ3) is 4.54. The molecule has 160 valence electrons. The lowest BCUT2D eigenvalue weighted by atomic mass is 10.2. The minimum absolute atomic E-state index is 0.157. The molecule has 3 rings (SSSR count). The van der Waals surface area contributed by atoms with Crippen molar-refractivity contribution < 1.29 is 4.79 Å². The fraction of sp³-hybridized carbons (Fsp3) is 0.381. The summed E-state index contributed by atoms with van der Waals surface area (Å²) in [6, 6.07) is 5.01. The largest absolute Gasteiger partial charge is 0.323 e. The number of nitrogens with zero attached hydrogens (tertiary/aromatic N) is 3. The molecule has 0 aliphatic heterocycles. The fourth-order valence-electron chi connectivity index (χ4n) is 3.23. The average molecular weight is 467 g/mol. The molecule has 0 saturated carbocycles. The summed E-state index contributed by atoms with van der Waals surface area (Å²) in [5.74, 6) is 0.206. The van der Waals surface area contributed by atoms with Crippen LogP contribution in [0.3, 0.4) is 0 Å². The van der Waals surface area contributed by atoms with Gasteiger partial charge in [-0.1, -0.05) is 43.1 Å². The molecule has 1 N–H and O–H groups in total. The SMILES string of the molecule is CCN(CC)Cc1nc2sc(C)c(C)c2c(=O)n1CC(=O)Nc1cccc(Cl)c1Cl. The minimum atomic E-state index is -0.368. The lowest BCUT2D eigenvalue weighted by molar-refractivity contribution is -0.116. The Labute approximate surface area is 189 Å². The van der Waals surface area contributed by atoms with E-state index in [1.807, 2.05) is 13.8 Å². The molecule has 2 heterocycles. The smallest absolute Gasteiger partial charge is 0.263 e. The highest BCUT2D eigenvalue weighted by Crippen LogP contribution is 2.30. The van der Waals surface area contributed by atoms with Gasteiger partial charge in [0.1, 0.15) is 17.2 Å². The summed E-state index contributed by atoms with van der Waals surface area (Å²) in [7, 11) is 0. The summed E-state index contributed by atoms with van der Waals surface area (Å²) in [4.78, 5) is 34.8. The second-order valence-corrected chi connectivity index (χ2v) is 8.98.